The number of aryl methyl sites for hydroxylation is 1. The fraction of sp³-hybridized carbons (Fsp3) is 0.400. The third kappa shape index (κ3) is 1.34. The molecule has 0 aliphatic carbocycles. The fourth-order valence-electron chi connectivity index (χ4n) is 1.06. The Morgan fingerprint density at radius 3 is 2.29 bits per heavy atom. The van der Waals surface area contributed by atoms with Gasteiger partial charge in [-0.3, -0.25) is 0 Å². The van der Waals surface area contributed by atoms with Crippen molar-refractivity contribution in [2.75, 3.05) is 12.4 Å². The van der Waals surface area contributed by atoms with Gasteiger partial charge >= 0.3 is 11.6 Å². The molecule has 9 heteroatoms. The molecule has 0 saturated heterocycles. The van der Waals surface area contributed by atoms with Crippen molar-refractivity contribution < 1.29 is 9.85 Å². The van der Waals surface area contributed by atoms with Crippen LogP contribution in [0.5, 0.6) is 0 Å². The second kappa shape index (κ2) is 3.28. The minimum atomic E-state index is -0.779. The Morgan fingerprint density at radius 2 is 1.93 bits per heavy atom. The Hall–Kier alpha value is -2.19. The SMILES string of the molecule is CNc1c([N+](=O)[O-])nn(C)c1[N+](=O)[O-]. The van der Waals surface area contributed by atoms with E-state index in [-0.39, 0.29) is 5.69 Å². The first-order valence-electron chi connectivity index (χ1n) is 3.52. The van der Waals surface area contributed by atoms with Crippen LogP contribution in [0.2, 0.25) is 0 Å². The molecule has 1 N–H and O–H groups in total. The van der Waals surface area contributed by atoms with Crippen molar-refractivity contribution in [2.24, 2.45) is 7.05 Å². The van der Waals surface area contributed by atoms with Crippen molar-refractivity contribution in [1.82, 2.24) is 9.78 Å². The van der Waals surface area contributed by atoms with E-state index in [1.165, 1.54) is 14.1 Å². The van der Waals surface area contributed by atoms with Gasteiger partial charge in [-0.15, -0.1) is 0 Å². The highest BCUT2D eigenvalue weighted by atomic mass is 16.6. The van der Waals surface area contributed by atoms with Gasteiger partial charge in [0.2, 0.25) is 5.69 Å². The first kappa shape index (κ1) is 9.89. The number of nitrogens with zero attached hydrogens (tertiary/aromatic N) is 4. The monoisotopic (exact) mass is 201 g/mol. The first-order valence-corrected chi connectivity index (χ1v) is 3.52. The maximum Gasteiger partial charge on any atom is 0.443 e. The van der Waals surface area contributed by atoms with Crippen LogP contribution in [-0.4, -0.2) is 26.7 Å². The summed E-state index contributed by atoms with van der Waals surface area (Å²) in [7, 11) is 2.63. The molecule has 0 aliphatic heterocycles. The topological polar surface area (TPSA) is 116 Å². The average Bonchev–Trinajstić information content (AvgIpc) is 2.41. The molecule has 14 heavy (non-hydrogen) atoms. The number of nitrogens with one attached hydrogen (secondary N) is 1. The van der Waals surface area contributed by atoms with Gasteiger partial charge in [0.05, 0.1) is 0 Å². The number of hydrogen-bond donors (Lipinski definition) is 1. The molecule has 0 fully saturated rings. The first-order chi connectivity index (χ1) is 6.49. The summed E-state index contributed by atoms with van der Waals surface area (Å²) in [5, 5.41) is 26.8. The van der Waals surface area contributed by atoms with Gasteiger partial charge in [-0.25, -0.2) is 0 Å². The van der Waals surface area contributed by atoms with Crippen LogP contribution in [0.25, 0.3) is 0 Å². The van der Waals surface area contributed by atoms with Crippen LogP contribution < -0.4 is 5.32 Å². The fourth-order valence-corrected chi connectivity index (χ4v) is 1.06. The van der Waals surface area contributed by atoms with Gasteiger partial charge in [0, 0.05) is 7.05 Å². The second-order valence-corrected chi connectivity index (χ2v) is 2.41. The molecular formula is C5H7N5O4. The lowest BCUT2D eigenvalue weighted by Crippen LogP contribution is -2.00. The highest BCUT2D eigenvalue weighted by Crippen LogP contribution is 2.32. The normalized spacial score (nSPS) is 9.86. The zero-order valence-electron chi connectivity index (χ0n) is 7.42. The lowest BCUT2D eigenvalue weighted by molar-refractivity contribution is -0.393. The number of aromatic nitrogens is 2. The van der Waals surface area contributed by atoms with Crippen LogP contribution in [0.4, 0.5) is 17.3 Å². The van der Waals surface area contributed by atoms with Gasteiger partial charge in [0.15, 0.2) is 5.10 Å². The Bertz CT molecular complexity index is 397. The van der Waals surface area contributed by atoms with Crippen LogP contribution in [0, 0.1) is 20.2 Å². The highest BCUT2D eigenvalue weighted by Gasteiger charge is 2.34. The smallest absolute Gasteiger partial charge is 0.374 e. The van der Waals surface area contributed by atoms with E-state index in [0.29, 0.717) is 0 Å². The standard InChI is InChI=1S/C5H7N5O4/c1-6-3-4(9(11)12)7-8(2)5(3)10(13)14/h6H,1-2H3. The summed E-state index contributed by atoms with van der Waals surface area (Å²) >= 11 is 0. The van der Waals surface area contributed by atoms with Crippen molar-refractivity contribution in [1.29, 1.82) is 0 Å². The lowest BCUT2D eigenvalue weighted by Gasteiger charge is -1.95. The highest BCUT2D eigenvalue weighted by molar-refractivity contribution is 5.68. The molecule has 0 radical (unpaired) electrons. The molecule has 76 valence electrons. The largest absolute Gasteiger partial charge is 0.443 e. The molecule has 1 aromatic heterocycles. The summed E-state index contributed by atoms with van der Waals surface area (Å²) in [5.41, 5.74) is -0.192. The predicted molar refractivity (Wildman–Crippen MR) is 46.1 cm³/mol. The van der Waals surface area contributed by atoms with Crippen molar-refractivity contribution in [3.05, 3.63) is 20.2 Å². The molecule has 0 aromatic carbocycles. The van der Waals surface area contributed by atoms with E-state index in [4.69, 9.17) is 0 Å². The number of rotatable bonds is 3. The van der Waals surface area contributed by atoms with E-state index in [9.17, 15) is 20.2 Å². The molecule has 1 aromatic rings. The van der Waals surface area contributed by atoms with Crippen LogP contribution in [0.3, 0.4) is 0 Å². The molecule has 0 spiro atoms. The maximum atomic E-state index is 10.5. The molecule has 0 atom stereocenters. The van der Waals surface area contributed by atoms with Crippen molar-refractivity contribution in [2.45, 2.75) is 0 Å². The van der Waals surface area contributed by atoms with Crippen LogP contribution in [0.1, 0.15) is 0 Å². The second-order valence-electron chi connectivity index (χ2n) is 2.41. The van der Waals surface area contributed by atoms with Gasteiger partial charge < -0.3 is 25.5 Å². The summed E-state index contributed by atoms with van der Waals surface area (Å²) in [4.78, 5) is 19.4. The zero-order chi connectivity index (χ0) is 10.9. The maximum absolute atomic E-state index is 10.5. The molecule has 1 rings (SSSR count). The van der Waals surface area contributed by atoms with E-state index in [1.54, 1.807) is 0 Å². The third-order valence-corrected chi connectivity index (χ3v) is 1.59. The number of nitro groups is 2. The van der Waals surface area contributed by atoms with E-state index in [2.05, 4.69) is 10.4 Å². The van der Waals surface area contributed by atoms with Gasteiger partial charge in [0.25, 0.3) is 0 Å². The Balaban J connectivity index is 3.43. The molecule has 0 saturated carbocycles. The van der Waals surface area contributed by atoms with Crippen LogP contribution >= 0.6 is 0 Å². The van der Waals surface area contributed by atoms with Crippen LogP contribution in [0.15, 0.2) is 0 Å². The molecule has 0 bridgehead atoms. The Kier molecular flexibility index (Phi) is 2.32. The molecule has 0 unspecified atom stereocenters. The van der Waals surface area contributed by atoms with Gasteiger partial charge in [-0.1, -0.05) is 0 Å². The van der Waals surface area contributed by atoms with Crippen molar-refractivity contribution >= 4 is 17.3 Å². The summed E-state index contributed by atoms with van der Waals surface area (Å²) in [6.45, 7) is 0. The molecule has 9 nitrogen and oxygen atoms in total. The molecular weight excluding hydrogens is 194 g/mol. The Morgan fingerprint density at radius 1 is 1.36 bits per heavy atom. The number of hydrogen-bond acceptors (Lipinski definition) is 6. The minimum Gasteiger partial charge on any atom is -0.374 e. The molecule has 0 aliphatic rings. The summed E-state index contributed by atoms with van der Waals surface area (Å²) < 4.78 is 0.851. The minimum absolute atomic E-state index is 0.192. The van der Waals surface area contributed by atoms with Crippen molar-refractivity contribution in [3.63, 3.8) is 0 Å². The summed E-state index contributed by atoms with van der Waals surface area (Å²) in [6, 6.07) is 0. The lowest BCUT2D eigenvalue weighted by atomic mass is 10.4. The summed E-state index contributed by atoms with van der Waals surface area (Å²) in [5.74, 6) is -0.985. The van der Waals surface area contributed by atoms with E-state index >= 15 is 0 Å². The quantitative estimate of drug-likeness (QED) is 0.554. The van der Waals surface area contributed by atoms with Crippen molar-refractivity contribution in [3.8, 4) is 0 Å². The van der Waals surface area contributed by atoms with E-state index < -0.39 is 21.5 Å². The van der Waals surface area contributed by atoms with E-state index in [1.807, 2.05) is 0 Å². The van der Waals surface area contributed by atoms with E-state index in [0.717, 1.165) is 4.68 Å². The Labute approximate surface area is 77.6 Å². The van der Waals surface area contributed by atoms with Gasteiger partial charge in [-0.2, -0.15) is 0 Å². The average molecular weight is 201 g/mol. The van der Waals surface area contributed by atoms with Gasteiger partial charge in [0.1, 0.15) is 7.05 Å². The zero-order valence-corrected chi connectivity index (χ0v) is 7.42. The number of anilines is 1. The molecule has 0 amide bonds. The van der Waals surface area contributed by atoms with Crippen LogP contribution in [-0.2, 0) is 7.05 Å². The summed E-state index contributed by atoms with van der Waals surface area (Å²) in [6.07, 6.45) is 0. The van der Waals surface area contributed by atoms with Gasteiger partial charge in [-0.05, 0) is 14.5 Å². The predicted octanol–water partition coefficient (Wildman–Crippen LogP) is 0.278. The third-order valence-electron chi connectivity index (χ3n) is 1.59. The molecule has 1 heterocycles.